The Morgan fingerprint density at radius 3 is 2.33 bits per heavy atom. The fraction of sp³-hybridized carbons (Fsp3) is 0.250. The van der Waals surface area contributed by atoms with Crippen molar-refractivity contribution in [1.29, 1.82) is 0 Å². The molecular weight excluding hydrogens is 334 g/mol. The molecule has 0 aliphatic carbocycles. The van der Waals surface area contributed by atoms with Crippen molar-refractivity contribution in [3.63, 3.8) is 0 Å². The molecule has 0 spiro atoms. The number of aryl methyl sites for hydroxylation is 3. The van der Waals surface area contributed by atoms with Gasteiger partial charge in [-0.3, -0.25) is 0 Å². The number of aromatic nitrogens is 1. The maximum Gasteiger partial charge on any atom is 0.343 e. The first-order chi connectivity index (χ1) is 9.92. The van der Waals surface area contributed by atoms with Crippen molar-refractivity contribution in [3.8, 4) is 11.6 Å². The van der Waals surface area contributed by atoms with Crippen LogP contribution in [0.4, 0.5) is 0 Å². The van der Waals surface area contributed by atoms with Crippen LogP contribution in [0, 0.1) is 20.8 Å². The molecule has 110 valence electrons. The van der Waals surface area contributed by atoms with Gasteiger partial charge in [-0.15, -0.1) is 0 Å². The molecule has 0 fully saturated rings. The smallest absolute Gasteiger partial charge is 0.343 e. The van der Waals surface area contributed by atoms with Gasteiger partial charge in [0, 0.05) is 10.2 Å². The summed E-state index contributed by atoms with van der Waals surface area (Å²) in [5.74, 6) is 0.488. The summed E-state index contributed by atoms with van der Waals surface area (Å²) in [4.78, 5) is 16.1. The summed E-state index contributed by atoms with van der Waals surface area (Å²) >= 11 is 3.45. The van der Waals surface area contributed by atoms with E-state index in [0.29, 0.717) is 11.3 Å². The summed E-state index contributed by atoms with van der Waals surface area (Å²) < 4.78 is 11.6. The Morgan fingerprint density at radius 1 is 1.14 bits per heavy atom. The zero-order valence-electron chi connectivity index (χ0n) is 12.4. The molecule has 4 nitrogen and oxygen atoms in total. The number of hydrogen-bond acceptors (Lipinski definition) is 4. The minimum Gasteiger partial charge on any atom is -0.465 e. The lowest BCUT2D eigenvalue weighted by atomic mass is 10.1. The number of hydrogen-bond donors (Lipinski definition) is 0. The van der Waals surface area contributed by atoms with E-state index in [0.717, 1.165) is 21.3 Å². The summed E-state index contributed by atoms with van der Waals surface area (Å²) in [5.41, 5.74) is 3.00. The van der Waals surface area contributed by atoms with Crippen molar-refractivity contribution in [3.05, 3.63) is 51.1 Å². The van der Waals surface area contributed by atoms with Crippen LogP contribution in [0.2, 0.25) is 0 Å². The van der Waals surface area contributed by atoms with Gasteiger partial charge in [0.25, 0.3) is 0 Å². The van der Waals surface area contributed by atoms with Crippen LogP contribution < -0.4 is 4.74 Å². The van der Waals surface area contributed by atoms with Gasteiger partial charge in [0.1, 0.15) is 11.3 Å². The number of carbonyl (C=O) groups excluding carboxylic acids is 1. The van der Waals surface area contributed by atoms with Gasteiger partial charge >= 0.3 is 5.97 Å². The summed E-state index contributed by atoms with van der Waals surface area (Å²) in [7, 11) is 1.34. The van der Waals surface area contributed by atoms with E-state index in [1.54, 1.807) is 12.1 Å². The molecule has 5 heteroatoms. The van der Waals surface area contributed by atoms with Crippen molar-refractivity contribution >= 4 is 21.9 Å². The van der Waals surface area contributed by atoms with Crippen LogP contribution in [0.5, 0.6) is 11.6 Å². The normalized spacial score (nSPS) is 10.3. The molecule has 0 atom stereocenters. The monoisotopic (exact) mass is 349 g/mol. The van der Waals surface area contributed by atoms with E-state index < -0.39 is 5.97 Å². The Morgan fingerprint density at radius 2 is 1.76 bits per heavy atom. The number of pyridine rings is 1. The Bertz CT molecular complexity index is 675. The van der Waals surface area contributed by atoms with Gasteiger partial charge in [-0.25, -0.2) is 9.78 Å². The van der Waals surface area contributed by atoms with Crippen LogP contribution in [0.25, 0.3) is 0 Å². The molecular formula is C16H16BrNO3. The van der Waals surface area contributed by atoms with Crippen LogP contribution in [0.1, 0.15) is 27.2 Å². The number of methoxy groups -OCH3 is 1. The fourth-order valence-electron chi connectivity index (χ4n) is 2.03. The Hall–Kier alpha value is -1.88. The van der Waals surface area contributed by atoms with E-state index in [1.807, 2.05) is 32.9 Å². The Kier molecular flexibility index (Phi) is 4.63. The van der Waals surface area contributed by atoms with Crippen molar-refractivity contribution < 1.29 is 14.3 Å². The molecule has 0 N–H and O–H groups in total. The first-order valence-corrected chi connectivity index (χ1v) is 7.22. The lowest BCUT2D eigenvalue weighted by molar-refractivity contribution is 0.0597. The predicted octanol–water partition coefficient (Wildman–Crippen LogP) is 4.35. The third kappa shape index (κ3) is 3.42. The minimum atomic E-state index is -0.468. The summed E-state index contributed by atoms with van der Waals surface area (Å²) in [6, 6.07) is 7.32. The standard InChI is InChI=1S/C16H16BrNO3/c1-9-7-12(17)8-10(2)14(9)21-15-13(16(19)20-4)6-5-11(3)18-15/h5-8H,1-4H3. The lowest BCUT2D eigenvalue weighted by Gasteiger charge is -2.14. The molecule has 1 aromatic heterocycles. The number of esters is 1. The molecule has 2 aromatic rings. The number of ether oxygens (including phenoxy) is 2. The Balaban J connectivity index is 2.49. The SMILES string of the molecule is COC(=O)c1ccc(C)nc1Oc1c(C)cc(Br)cc1C. The second-order valence-corrected chi connectivity index (χ2v) is 5.68. The second kappa shape index (κ2) is 6.26. The van der Waals surface area contributed by atoms with Gasteiger partial charge in [-0.05, 0) is 56.2 Å². The molecule has 0 radical (unpaired) electrons. The van der Waals surface area contributed by atoms with Gasteiger partial charge in [-0.2, -0.15) is 0 Å². The minimum absolute atomic E-state index is 0.260. The van der Waals surface area contributed by atoms with Crippen molar-refractivity contribution in [2.75, 3.05) is 7.11 Å². The highest BCUT2D eigenvalue weighted by Crippen LogP contribution is 2.32. The molecule has 21 heavy (non-hydrogen) atoms. The number of halogens is 1. The first-order valence-electron chi connectivity index (χ1n) is 6.43. The number of benzene rings is 1. The quantitative estimate of drug-likeness (QED) is 0.773. The molecule has 0 unspecified atom stereocenters. The van der Waals surface area contributed by atoms with E-state index in [-0.39, 0.29) is 5.88 Å². The highest BCUT2D eigenvalue weighted by molar-refractivity contribution is 9.10. The molecule has 2 rings (SSSR count). The molecule has 0 aliphatic heterocycles. The lowest BCUT2D eigenvalue weighted by Crippen LogP contribution is -2.06. The van der Waals surface area contributed by atoms with Gasteiger partial charge < -0.3 is 9.47 Å². The molecule has 0 amide bonds. The van der Waals surface area contributed by atoms with Crippen LogP contribution in [-0.2, 0) is 4.74 Å². The molecule has 1 heterocycles. The number of rotatable bonds is 3. The molecule has 0 saturated carbocycles. The topological polar surface area (TPSA) is 48.4 Å². The summed E-state index contributed by atoms with van der Waals surface area (Å²) in [6.45, 7) is 5.73. The Labute approximate surface area is 132 Å². The molecule has 0 aliphatic rings. The van der Waals surface area contributed by atoms with E-state index in [4.69, 9.17) is 9.47 Å². The fourth-order valence-corrected chi connectivity index (χ4v) is 2.72. The highest BCUT2D eigenvalue weighted by Gasteiger charge is 2.17. The third-order valence-electron chi connectivity index (χ3n) is 3.03. The number of carbonyl (C=O) groups is 1. The highest BCUT2D eigenvalue weighted by atomic mass is 79.9. The summed E-state index contributed by atoms with van der Waals surface area (Å²) in [6.07, 6.45) is 0. The van der Waals surface area contributed by atoms with E-state index in [1.165, 1.54) is 7.11 Å². The van der Waals surface area contributed by atoms with Crippen molar-refractivity contribution in [1.82, 2.24) is 4.98 Å². The zero-order chi connectivity index (χ0) is 15.6. The third-order valence-corrected chi connectivity index (χ3v) is 3.49. The van der Waals surface area contributed by atoms with E-state index >= 15 is 0 Å². The van der Waals surface area contributed by atoms with E-state index in [9.17, 15) is 4.79 Å². The maximum absolute atomic E-state index is 11.8. The average molecular weight is 350 g/mol. The van der Waals surface area contributed by atoms with Crippen molar-refractivity contribution in [2.45, 2.75) is 20.8 Å². The van der Waals surface area contributed by atoms with Gasteiger partial charge in [-0.1, -0.05) is 15.9 Å². The number of nitrogens with zero attached hydrogens (tertiary/aromatic N) is 1. The maximum atomic E-state index is 11.8. The molecule has 0 bridgehead atoms. The first kappa shape index (κ1) is 15.5. The molecule has 1 aromatic carbocycles. The van der Waals surface area contributed by atoms with Crippen LogP contribution in [0.3, 0.4) is 0 Å². The van der Waals surface area contributed by atoms with Gasteiger partial charge in [0.2, 0.25) is 5.88 Å². The zero-order valence-corrected chi connectivity index (χ0v) is 13.9. The van der Waals surface area contributed by atoms with Gasteiger partial charge in [0.15, 0.2) is 0 Å². The van der Waals surface area contributed by atoms with Crippen LogP contribution >= 0.6 is 15.9 Å². The van der Waals surface area contributed by atoms with Gasteiger partial charge in [0.05, 0.1) is 7.11 Å². The van der Waals surface area contributed by atoms with Crippen LogP contribution in [-0.4, -0.2) is 18.1 Å². The van der Waals surface area contributed by atoms with Crippen molar-refractivity contribution in [2.24, 2.45) is 0 Å². The average Bonchev–Trinajstić information content (AvgIpc) is 2.42. The summed E-state index contributed by atoms with van der Waals surface area (Å²) in [5, 5.41) is 0. The predicted molar refractivity (Wildman–Crippen MR) is 84.0 cm³/mol. The second-order valence-electron chi connectivity index (χ2n) is 4.77. The van der Waals surface area contributed by atoms with Crippen LogP contribution in [0.15, 0.2) is 28.7 Å². The van der Waals surface area contributed by atoms with E-state index in [2.05, 4.69) is 20.9 Å². The molecule has 0 saturated heterocycles. The largest absolute Gasteiger partial charge is 0.465 e.